The zero-order valence-electron chi connectivity index (χ0n) is 13.6. The van der Waals surface area contributed by atoms with Crippen molar-refractivity contribution < 1.29 is 19.1 Å². The molecule has 0 saturated carbocycles. The van der Waals surface area contributed by atoms with Gasteiger partial charge in [0, 0.05) is 19.4 Å². The molecule has 1 aliphatic rings. The number of fused-ring (bicyclic) bond motifs is 1. The van der Waals surface area contributed by atoms with Gasteiger partial charge in [0.1, 0.15) is 5.75 Å². The number of carbonyl (C=O) groups excluding carboxylic acids is 1. The van der Waals surface area contributed by atoms with Crippen LogP contribution in [-0.4, -0.2) is 26.4 Å². The fourth-order valence-electron chi connectivity index (χ4n) is 2.84. The smallest absolute Gasteiger partial charge is 0.247 e. The minimum atomic E-state index is -0.389. The Balaban J connectivity index is 1.95. The minimum Gasteiger partial charge on any atom is -0.496 e. The number of benzene rings is 1. The van der Waals surface area contributed by atoms with Crippen LogP contribution < -0.4 is 10.2 Å². The Morgan fingerprint density at radius 3 is 2.91 bits per heavy atom. The van der Waals surface area contributed by atoms with Gasteiger partial charge in [-0.05, 0) is 36.5 Å². The fourth-order valence-corrected chi connectivity index (χ4v) is 2.84. The van der Waals surface area contributed by atoms with Crippen molar-refractivity contribution in [3.63, 3.8) is 0 Å². The molecule has 1 aliphatic carbocycles. The first-order chi connectivity index (χ1) is 10.7. The molecule has 122 valence electrons. The summed E-state index contributed by atoms with van der Waals surface area (Å²) in [5, 5.41) is 0. The number of methoxy groups -OCH3 is 2. The highest BCUT2D eigenvalue weighted by atomic mass is 16.8. The number of carbonyl (C=O) groups is 1. The molecule has 2 unspecified atom stereocenters. The topological polar surface area (TPSA) is 56.8 Å². The van der Waals surface area contributed by atoms with E-state index in [0.29, 0.717) is 6.42 Å². The Morgan fingerprint density at radius 2 is 2.23 bits per heavy atom. The van der Waals surface area contributed by atoms with E-state index in [1.54, 1.807) is 14.2 Å². The van der Waals surface area contributed by atoms with Crippen molar-refractivity contribution in [1.29, 1.82) is 0 Å². The first kappa shape index (κ1) is 16.8. The van der Waals surface area contributed by atoms with Crippen molar-refractivity contribution in [3.05, 3.63) is 29.3 Å². The summed E-state index contributed by atoms with van der Waals surface area (Å²) in [5.41, 5.74) is 4.95. The zero-order valence-corrected chi connectivity index (χ0v) is 13.6. The molecule has 5 nitrogen and oxygen atoms in total. The average Bonchev–Trinajstić information content (AvgIpc) is 2.57. The van der Waals surface area contributed by atoms with Gasteiger partial charge in [-0.1, -0.05) is 25.5 Å². The van der Waals surface area contributed by atoms with Crippen LogP contribution in [0.25, 0.3) is 0 Å². The maximum Gasteiger partial charge on any atom is 0.247 e. The second-order valence-corrected chi connectivity index (χ2v) is 5.58. The van der Waals surface area contributed by atoms with Gasteiger partial charge in [-0.2, -0.15) is 0 Å². The summed E-state index contributed by atoms with van der Waals surface area (Å²) in [6.45, 7) is 2.04. The van der Waals surface area contributed by atoms with Crippen molar-refractivity contribution in [2.75, 3.05) is 14.2 Å². The summed E-state index contributed by atoms with van der Waals surface area (Å²) >= 11 is 0. The molecule has 1 amide bonds. The highest BCUT2D eigenvalue weighted by Gasteiger charge is 2.27. The summed E-state index contributed by atoms with van der Waals surface area (Å²) in [6.07, 6.45) is 3.67. The van der Waals surface area contributed by atoms with Gasteiger partial charge in [-0.15, -0.1) is 0 Å². The van der Waals surface area contributed by atoms with Crippen molar-refractivity contribution in [1.82, 2.24) is 5.48 Å². The van der Waals surface area contributed by atoms with Crippen LogP contribution in [-0.2, 0) is 27.2 Å². The summed E-state index contributed by atoms with van der Waals surface area (Å²) < 4.78 is 10.6. The second-order valence-electron chi connectivity index (χ2n) is 5.58. The van der Waals surface area contributed by atoms with Crippen molar-refractivity contribution >= 4 is 5.91 Å². The van der Waals surface area contributed by atoms with E-state index in [-0.39, 0.29) is 18.1 Å². The molecule has 2 rings (SSSR count). The van der Waals surface area contributed by atoms with Gasteiger partial charge < -0.3 is 9.47 Å². The van der Waals surface area contributed by atoms with E-state index < -0.39 is 0 Å². The van der Waals surface area contributed by atoms with Gasteiger partial charge in [0.15, 0.2) is 6.29 Å². The van der Waals surface area contributed by atoms with Gasteiger partial charge in [-0.25, -0.2) is 10.3 Å². The van der Waals surface area contributed by atoms with Crippen LogP contribution >= 0.6 is 0 Å². The number of nitrogens with one attached hydrogen (secondary N) is 1. The first-order valence-electron chi connectivity index (χ1n) is 7.82. The minimum absolute atomic E-state index is 0.0882. The Kier molecular flexibility index (Phi) is 6.21. The Labute approximate surface area is 131 Å². The normalized spacial score (nSPS) is 18.4. The largest absolute Gasteiger partial charge is 0.496 e. The average molecular weight is 307 g/mol. The maximum absolute atomic E-state index is 12.3. The lowest BCUT2D eigenvalue weighted by atomic mass is 9.83. The van der Waals surface area contributed by atoms with E-state index in [1.165, 1.54) is 5.56 Å². The monoisotopic (exact) mass is 307 g/mol. The van der Waals surface area contributed by atoms with Gasteiger partial charge in [0.25, 0.3) is 0 Å². The summed E-state index contributed by atoms with van der Waals surface area (Å²) in [5.74, 6) is 0.675. The molecular weight excluding hydrogens is 282 g/mol. The van der Waals surface area contributed by atoms with E-state index in [0.717, 1.165) is 37.0 Å². The number of hydrogen-bond acceptors (Lipinski definition) is 4. The Hall–Kier alpha value is -1.59. The highest BCUT2D eigenvalue weighted by molar-refractivity contribution is 5.78. The maximum atomic E-state index is 12.3. The molecule has 0 aliphatic heterocycles. The van der Waals surface area contributed by atoms with Gasteiger partial charge >= 0.3 is 0 Å². The molecule has 2 atom stereocenters. The third-order valence-electron chi connectivity index (χ3n) is 4.11. The lowest BCUT2D eigenvalue weighted by Gasteiger charge is -2.26. The fraction of sp³-hybridized carbons (Fsp3) is 0.588. The van der Waals surface area contributed by atoms with E-state index in [1.807, 2.05) is 19.1 Å². The molecule has 5 heteroatoms. The standard InChI is InChI=1S/C17H25NO4/c1-4-6-16(21-3)22-18-17(19)13-10-9-12-7-5-8-15(20-2)14(12)11-13/h5,7-8,13,16H,4,6,9-11H2,1-3H3,(H,18,19). The second kappa shape index (κ2) is 8.15. The van der Waals surface area contributed by atoms with Crippen molar-refractivity contribution in [2.45, 2.75) is 45.3 Å². The molecule has 0 aromatic heterocycles. The van der Waals surface area contributed by atoms with Crippen LogP contribution in [0.3, 0.4) is 0 Å². The Morgan fingerprint density at radius 1 is 1.41 bits per heavy atom. The van der Waals surface area contributed by atoms with Crippen LogP contribution in [0.5, 0.6) is 5.75 Å². The van der Waals surface area contributed by atoms with Gasteiger partial charge in [0.2, 0.25) is 5.91 Å². The van der Waals surface area contributed by atoms with Gasteiger partial charge in [0.05, 0.1) is 7.11 Å². The molecule has 0 bridgehead atoms. The van der Waals surface area contributed by atoms with Gasteiger partial charge in [-0.3, -0.25) is 4.79 Å². The SMILES string of the molecule is CCCC(OC)ONC(=O)C1CCc2cccc(OC)c2C1. The number of hydrogen-bond donors (Lipinski definition) is 1. The van der Waals surface area contributed by atoms with Crippen LogP contribution in [0, 0.1) is 5.92 Å². The Bertz CT molecular complexity index is 489. The molecule has 1 aromatic carbocycles. The lowest BCUT2D eigenvalue weighted by molar-refractivity contribution is -0.182. The molecule has 1 aromatic rings. The van der Waals surface area contributed by atoms with Crippen LogP contribution in [0.2, 0.25) is 0 Å². The molecule has 0 saturated heterocycles. The van der Waals surface area contributed by atoms with Crippen LogP contribution in [0.4, 0.5) is 0 Å². The first-order valence-corrected chi connectivity index (χ1v) is 7.82. The van der Waals surface area contributed by atoms with Crippen molar-refractivity contribution in [2.24, 2.45) is 5.92 Å². The number of amides is 1. The van der Waals surface area contributed by atoms with E-state index in [9.17, 15) is 4.79 Å². The highest BCUT2D eigenvalue weighted by Crippen LogP contribution is 2.32. The zero-order chi connectivity index (χ0) is 15.9. The third-order valence-corrected chi connectivity index (χ3v) is 4.11. The summed E-state index contributed by atoms with van der Waals surface area (Å²) in [4.78, 5) is 17.6. The molecule has 0 spiro atoms. The quantitative estimate of drug-likeness (QED) is 0.621. The third kappa shape index (κ3) is 3.99. The van der Waals surface area contributed by atoms with Crippen molar-refractivity contribution in [3.8, 4) is 5.75 Å². The number of hydroxylamine groups is 1. The molecule has 1 N–H and O–H groups in total. The molecule has 0 heterocycles. The number of rotatable bonds is 7. The van der Waals surface area contributed by atoms with E-state index in [2.05, 4.69) is 11.5 Å². The van der Waals surface area contributed by atoms with E-state index in [4.69, 9.17) is 14.3 Å². The summed E-state index contributed by atoms with van der Waals surface area (Å²) in [7, 11) is 3.24. The number of ether oxygens (including phenoxy) is 2. The molecule has 0 radical (unpaired) electrons. The molecule has 0 fully saturated rings. The predicted molar refractivity (Wildman–Crippen MR) is 83.4 cm³/mol. The summed E-state index contributed by atoms with van der Waals surface area (Å²) in [6, 6.07) is 6.04. The van der Waals surface area contributed by atoms with Crippen LogP contribution in [0.1, 0.15) is 37.3 Å². The lowest BCUT2D eigenvalue weighted by Crippen LogP contribution is -2.37. The molecular formula is C17H25NO4. The molecule has 22 heavy (non-hydrogen) atoms. The van der Waals surface area contributed by atoms with Crippen LogP contribution in [0.15, 0.2) is 18.2 Å². The predicted octanol–water partition coefficient (Wildman–Crippen LogP) is 2.62. The van der Waals surface area contributed by atoms with E-state index >= 15 is 0 Å². The number of aryl methyl sites for hydroxylation is 1.